The SMILES string of the molecule is Cn1cc(-c2ccc3cnc(NC(=O)[C@@H]4CCCNC4)nc3c2)cn1. The lowest BCUT2D eigenvalue weighted by Crippen LogP contribution is -2.37. The number of piperidine rings is 1. The molecular weight excluding hydrogens is 316 g/mol. The molecule has 1 aromatic carbocycles. The van der Waals surface area contributed by atoms with Crippen LogP contribution in [0.2, 0.25) is 0 Å². The van der Waals surface area contributed by atoms with Gasteiger partial charge in [-0.05, 0) is 31.0 Å². The number of carbonyl (C=O) groups is 1. The number of fused-ring (bicyclic) bond motifs is 1. The first-order valence-corrected chi connectivity index (χ1v) is 8.46. The summed E-state index contributed by atoms with van der Waals surface area (Å²) in [4.78, 5) is 21.1. The van der Waals surface area contributed by atoms with E-state index in [1.807, 2.05) is 37.6 Å². The van der Waals surface area contributed by atoms with Crippen molar-refractivity contribution in [1.29, 1.82) is 0 Å². The predicted molar refractivity (Wildman–Crippen MR) is 96.0 cm³/mol. The smallest absolute Gasteiger partial charge is 0.231 e. The number of anilines is 1. The standard InChI is InChI=1S/C18H20N6O/c1-24-11-15(10-21-24)12-4-5-13-9-20-18(22-16(13)7-12)23-17(25)14-3-2-6-19-8-14/h4-5,7,9-11,14,19H,2-3,6,8H2,1H3,(H,20,22,23,25)/t14-/m1/s1. The highest BCUT2D eigenvalue weighted by atomic mass is 16.2. The molecule has 1 fully saturated rings. The molecule has 0 spiro atoms. The lowest BCUT2D eigenvalue weighted by Gasteiger charge is -2.21. The Morgan fingerprint density at radius 3 is 3.00 bits per heavy atom. The zero-order valence-electron chi connectivity index (χ0n) is 14.1. The van der Waals surface area contributed by atoms with E-state index >= 15 is 0 Å². The Bertz CT molecular complexity index is 913. The molecule has 0 saturated carbocycles. The maximum atomic E-state index is 12.4. The van der Waals surface area contributed by atoms with E-state index in [0.29, 0.717) is 12.5 Å². The molecule has 2 N–H and O–H groups in total. The van der Waals surface area contributed by atoms with E-state index in [2.05, 4.69) is 25.7 Å². The lowest BCUT2D eigenvalue weighted by atomic mass is 9.99. The van der Waals surface area contributed by atoms with E-state index in [4.69, 9.17) is 0 Å². The average Bonchev–Trinajstić information content (AvgIpc) is 3.08. The molecule has 4 rings (SSSR count). The van der Waals surface area contributed by atoms with E-state index < -0.39 is 0 Å². The van der Waals surface area contributed by atoms with Crippen LogP contribution in [0.5, 0.6) is 0 Å². The van der Waals surface area contributed by atoms with Crippen molar-refractivity contribution in [1.82, 2.24) is 25.1 Å². The van der Waals surface area contributed by atoms with Gasteiger partial charge in [0.2, 0.25) is 11.9 Å². The Balaban J connectivity index is 1.59. The third kappa shape index (κ3) is 3.36. The van der Waals surface area contributed by atoms with Crippen LogP contribution < -0.4 is 10.6 Å². The molecule has 1 saturated heterocycles. The third-order valence-corrected chi connectivity index (χ3v) is 4.52. The molecule has 0 bridgehead atoms. The first-order chi connectivity index (χ1) is 12.2. The number of carbonyl (C=O) groups excluding carboxylic acids is 1. The first kappa shape index (κ1) is 15.7. The van der Waals surface area contributed by atoms with E-state index in [-0.39, 0.29) is 11.8 Å². The van der Waals surface area contributed by atoms with Gasteiger partial charge in [-0.3, -0.25) is 14.8 Å². The minimum Gasteiger partial charge on any atom is -0.316 e. The molecular formula is C18H20N6O. The van der Waals surface area contributed by atoms with Crippen molar-refractivity contribution >= 4 is 22.8 Å². The van der Waals surface area contributed by atoms with Gasteiger partial charge in [-0.1, -0.05) is 12.1 Å². The Labute approximate surface area is 145 Å². The van der Waals surface area contributed by atoms with E-state index in [9.17, 15) is 4.79 Å². The van der Waals surface area contributed by atoms with Gasteiger partial charge in [0, 0.05) is 36.9 Å². The summed E-state index contributed by atoms with van der Waals surface area (Å²) in [7, 11) is 1.89. The monoisotopic (exact) mass is 336 g/mol. The maximum Gasteiger partial charge on any atom is 0.231 e. The van der Waals surface area contributed by atoms with E-state index in [0.717, 1.165) is 41.4 Å². The number of nitrogens with one attached hydrogen (secondary N) is 2. The zero-order chi connectivity index (χ0) is 17.2. The molecule has 3 aromatic rings. The van der Waals surface area contributed by atoms with Crippen molar-refractivity contribution in [2.24, 2.45) is 13.0 Å². The molecule has 7 nitrogen and oxygen atoms in total. The summed E-state index contributed by atoms with van der Waals surface area (Å²) in [5.41, 5.74) is 2.86. The Kier molecular flexibility index (Phi) is 4.15. The summed E-state index contributed by atoms with van der Waals surface area (Å²) >= 11 is 0. The van der Waals surface area contributed by atoms with Gasteiger partial charge >= 0.3 is 0 Å². The molecule has 7 heteroatoms. The maximum absolute atomic E-state index is 12.4. The number of rotatable bonds is 3. The van der Waals surface area contributed by atoms with Crippen LogP contribution in [0.25, 0.3) is 22.0 Å². The minimum atomic E-state index is -0.0187. The van der Waals surface area contributed by atoms with E-state index in [1.54, 1.807) is 10.9 Å². The molecule has 2 aromatic heterocycles. The summed E-state index contributed by atoms with van der Waals surface area (Å²) < 4.78 is 1.77. The van der Waals surface area contributed by atoms with Gasteiger partial charge in [-0.25, -0.2) is 9.97 Å². The predicted octanol–water partition coefficient (Wildman–Crippen LogP) is 1.97. The van der Waals surface area contributed by atoms with Gasteiger partial charge in [-0.2, -0.15) is 5.10 Å². The second-order valence-electron chi connectivity index (χ2n) is 6.40. The van der Waals surface area contributed by atoms with Crippen molar-refractivity contribution in [3.63, 3.8) is 0 Å². The highest BCUT2D eigenvalue weighted by molar-refractivity contribution is 5.92. The second kappa shape index (κ2) is 6.60. The van der Waals surface area contributed by atoms with E-state index in [1.165, 1.54) is 0 Å². The summed E-state index contributed by atoms with van der Waals surface area (Å²) in [6.45, 7) is 1.69. The van der Waals surface area contributed by atoms with Crippen LogP contribution in [-0.4, -0.2) is 38.7 Å². The van der Waals surface area contributed by atoms with Crippen LogP contribution in [0, 0.1) is 5.92 Å². The fourth-order valence-corrected chi connectivity index (χ4v) is 3.12. The van der Waals surface area contributed by atoms with Gasteiger partial charge in [0.05, 0.1) is 17.6 Å². The quantitative estimate of drug-likeness (QED) is 0.764. The number of aromatic nitrogens is 4. The topological polar surface area (TPSA) is 84.7 Å². The molecule has 1 amide bonds. The number of benzene rings is 1. The molecule has 25 heavy (non-hydrogen) atoms. The largest absolute Gasteiger partial charge is 0.316 e. The molecule has 0 aliphatic carbocycles. The van der Waals surface area contributed by atoms with Crippen LogP contribution in [0.4, 0.5) is 5.95 Å². The molecule has 0 unspecified atom stereocenters. The highest BCUT2D eigenvalue weighted by Crippen LogP contribution is 2.23. The van der Waals surface area contributed by atoms with Crippen LogP contribution in [-0.2, 0) is 11.8 Å². The van der Waals surface area contributed by atoms with Crippen molar-refractivity contribution in [3.8, 4) is 11.1 Å². The fraction of sp³-hybridized carbons (Fsp3) is 0.333. The van der Waals surface area contributed by atoms with Gasteiger partial charge < -0.3 is 5.32 Å². The zero-order valence-corrected chi connectivity index (χ0v) is 14.1. The van der Waals surface area contributed by atoms with Gasteiger partial charge in [0.25, 0.3) is 0 Å². The van der Waals surface area contributed by atoms with Gasteiger partial charge in [0.1, 0.15) is 0 Å². The van der Waals surface area contributed by atoms with Crippen molar-refractivity contribution in [3.05, 3.63) is 36.8 Å². The van der Waals surface area contributed by atoms with Crippen molar-refractivity contribution in [2.75, 3.05) is 18.4 Å². The van der Waals surface area contributed by atoms with Crippen LogP contribution >= 0.6 is 0 Å². The molecule has 1 aliphatic heterocycles. The molecule has 128 valence electrons. The molecule has 0 radical (unpaired) electrons. The number of aryl methyl sites for hydroxylation is 1. The fourth-order valence-electron chi connectivity index (χ4n) is 3.12. The Morgan fingerprint density at radius 2 is 2.24 bits per heavy atom. The molecule has 1 aliphatic rings. The summed E-state index contributed by atoms with van der Waals surface area (Å²) in [6.07, 6.45) is 7.44. The van der Waals surface area contributed by atoms with Crippen LogP contribution in [0.1, 0.15) is 12.8 Å². The first-order valence-electron chi connectivity index (χ1n) is 8.46. The number of amides is 1. The third-order valence-electron chi connectivity index (χ3n) is 4.52. The summed E-state index contributed by atoms with van der Waals surface area (Å²) in [5, 5.41) is 11.2. The number of hydrogen-bond acceptors (Lipinski definition) is 5. The van der Waals surface area contributed by atoms with Crippen molar-refractivity contribution < 1.29 is 4.79 Å². The minimum absolute atomic E-state index is 0.0186. The second-order valence-corrected chi connectivity index (χ2v) is 6.40. The number of hydrogen-bond donors (Lipinski definition) is 2. The molecule has 3 heterocycles. The van der Waals surface area contributed by atoms with Crippen LogP contribution in [0.3, 0.4) is 0 Å². The Hall–Kier alpha value is -2.80. The Morgan fingerprint density at radius 1 is 1.32 bits per heavy atom. The van der Waals surface area contributed by atoms with Crippen molar-refractivity contribution in [2.45, 2.75) is 12.8 Å². The number of nitrogens with zero attached hydrogens (tertiary/aromatic N) is 4. The normalized spacial score (nSPS) is 17.6. The summed E-state index contributed by atoms with van der Waals surface area (Å²) in [5.74, 6) is 0.316. The van der Waals surface area contributed by atoms with Gasteiger partial charge in [0.15, 0.2) is 0 Å². The highest BCUT2D eigenvalue weighted by Gasteiger charge is 2.21. The van der Waals surface area contributed by atoms with Crippen LogP contribution in [0.15, 0.2) is 36.8 Å². The van der Waals surface area contributed by atoms with Gasteiger partial charge in [-0.15, -0.1) is 0 Å². The average molecular weight is 336 g/mol. The summed E-state index contributed by atoms with van der Waals surface area (Å²) in [6, 6.07) is 5.99. The molecule has 1 atom stereocenters. The lowest BCUT2D eigenvalue weighted by molar-refractivity contribution is -0.120.